The average Bonchev–Trinajstić information content (AvgIpc) is 2.72. The second-order valence-electron chi connectivity index (χ2n) is 7.96. The van der Waals surface area contributed by atoms with Crippen molar-refractivity contribution in [3.63, 3.8) is 0 Å². The molecule has 0 spiro atoms. The molecule has 0 N–H and O–H groups in total. The van der Waals surface area contributed by atoms with Crippen LogP contribution in [0.4, 0.5) is 5.69 Å². The number of benzene rings is 2. The second-order valence-corrected chi connectivity index (χ2v) is 9.87. The van der Waals surface area contributed by atoms with Crippen molar-refractivity contribution in [2.75, 3.05) is 37.3 Å². The zero-order valence-corrected chi connectivity index (χ0v) is 18.7. The monoisotopic (exact) mass is 430 g/mol. The van der Waals surface area contributed by atoms with Crippen LogP contribution in [0.25, 0.3) is 0 Å². The quantitative estimate of drug-likeness (QED) is 0.676. The molecule has 30 heavy (non-hydrogen) atoms. The van der Waals surface area contributed by atoms with Gasteiger partial charge < -0.3 is 9.64 Å². The van der Waals surface area contributed by atoms with Gasteiger partial charge in [0, 0.05) is 13.1 Å². The van der Waals surface area contributed by atoms with E-state index in [9.17, 15) is 13.2 Å². The zero-order valence-electron chi connectivity index (χ0n) is 17.9. The minimum Gasteiger partial charge on any atom is -0.495 e. The molecule has 0 saturated carbocycles. The van der Waals surface area contributed by atoms with Gasteiger partial charge in [-0.1, -0.05) is 36.4 Å². The van der Waals surface area contributed by atoms with E-state index in [-0.39, 0.29) is 12.5 Å². The zero-order chi connectivity index (χ0) is 21.7. The van der Waals surface area contributed by atoms with Crippen molar-refractivity contribution >= 4 is 21.6 Å². The summed E-state index contributed by atoms with van der Waals surface area (Å²) in [4.78, 5) is 14.7. The lowest BCUT2D eigenvalue weighted by Gasteiger charge is -2.34. The molecule has 0 aromatic heterocycles. The molecule has 1 aliphatic heterocycles. The van der Waals surface area contributed by atoms with E-state index < -0.39 is 10.0 Å². The van der Waals surface area contributed by atoms with Gasteiger partial charge in [-0.2, -0.15) is 0 Å². The first-order chi connectivity index (χ1) is 14.3. The molecule has 1 amide bonds. The lowest BCUT2D eigenvalue weighted by molar-refractivity contribution is -0.130. The Morgan fingerprint density at radius 3 is 2.40 bits per heavy atom. The molecule has 162 valence electrons. The van der Waals surface area contributed by atoms with Crippen LogP contribution >= 0.6 is 0 Å². The summed E-state index contributed by atoms with van der Waals surface area (Å²) in [5, 5.41) is 0. The maximum atomic E-state index is 13.0. The van der Waals surface area contributed by atoms with Gasteiger partial charge in [0.15, 0.2) is 0 Å². The average molecular weight is 431 g/mol. The third-order valence-corrected chi connectivity index (χ3v) is 6.74. The molecule has 3 rings (SSSR count). The smallest absolute Gasteiger partial charge is 0.243 e. The summed E-state index contributed by atoms with van der Waals surface area (Å²) in [6, 6.07) is 15.7. The number of methoxy groups -OCH3 is 1. The Labute approximate surface area is 179 Å². The highest BCUT2D eigenvalue weighted by molar-refractivity contribution is 7.92. The van der Waals surface area contributed by atoms with Crippen LogP contribution in [0.5, 0.6) is 5.75 Å². The second kappa shape index (κ2) is 9.51. The Hall–Kier alpha value is -2.54. The maximum absolute atomic E-state index is 13.0. The molecule has 1 aliphatic rings. The lowest BCUT2D eigenvalue weighted by Crippen LogP contribution is -2.46. The van der Waals surface area contributed by atoms with Crippen molar-refractivity contribution in [2.24, 2.45) is 5.92 Å². The van der Waals surface area contributed by atoms with Crippen LogP contribution in [-0.2, 0) is 21.2 Å². The van der Waals surface area contributed by atoms with Crippen molar-refractivity contribution in [2.45, 2.75) is 26.2 Å². The molecule has 2 aromatic rings. The van der Waals surface area contributed by atoms with Crippen molar-refractivity contribution in [1.82, 2.24) is 4.90 Å². The Morgan fingerprint density at radius 1 is 1.13 bits per heavy atom. The van der Waals surface area contributed by atoms with Crippen molar-refractivity contribution in [1.29, 1.82) is 0 Å². The van der Waals surface area contributed by atoms with Crippen LogP contribution < -0.4 is 9.04 Å². The molecular formula is C23H30N2O4S. The highest BCUT2D eigenvalue weighted by Crippen LogP contribution is 2.31. The third kappa shape index (κ3) is 5.53. The van der Waals surface area contributed by atoms with Crippen LogP contribution in [0.1, 0.15) is 24.0 Å². The molecule has 6 nitrogen and oxygen atoms in total. The fraction of sp³-hybridized carbons (Fsp3) is 0.435. The Bertz CT molecular complexity index is 968. The first kappa shape index (κ1) is 22.2. The van der Waals surface area contributed by atoms with E-state index in [2.05, 4.69) is 12.1 Å². The number of carbonyl (C=O) groups is 1. The summed E-state index contributed by atoms with van der Waals surface area (Å²) in [6.45, 7) is 2.96. The van der Waals surface area contributed by atoms with Crippen molar-refractivity contribution in [3.05, 3.63) is 59.7 Å². The van der Waals surface area contributed by atoms with Gasteiger partial charge in [-0.05, 0) is 55.4 Å². The van der Waals surface area contributed by atoms with Crippen LogP contribution in [-0.4, -0.2) is 52.2 Å². The SMILES string of the molecule is COc1ccc(C)cc1N(CC(=O)N1CCC(Cc2ccccc2)CC1)S(C)(=O)=O. The molecule has 0 bridgehead atoms. The lowest BCUT2D eigenvalue weighted by atomic mass is 9.90. The number of hydrogen-bond donors (Lipinski definition) is 0. The first-order valence-corrected chi connectivity index (χ1v) is 12.1. The molecule has 1 saturated heterocycles. The van der Waals surface area contributed by atoms with Gasteiger partial charge in [0.05, 0.1) is 19.1 Å². The van der Waals surface area contributed by atoms with Gasteiger partial charge in [-0.15, -0.1) is 0 Å². The highest BCUT2D eigenvalue weighted by atomic mass is 32.2. The number of carbonyl (C=O) groups excluding carboxylic acids is 1. The largest absolute Gasteiger partial charge is 0.495 e. The number of piperidine rings is 1. The predicted molar refractivity (Wildman–Crippen MR) is 119 cm³/mol. The molecule has 0 radical (unpaired) electrons. The molecule has 0 unspecified atom stereocenters. The fourth-order valence-corrected chi connectivity index (χ4v) is 4.78. The molecule has 7 heteroatoms. The minimum absolute atomic E-state index is 0.179. The summed E-state index contributed by atoms with van der Waals surface area (Å²) in [5.41, 5.74) is 2.61. The highest BCUT2D eigenvalue weighted by Gasteiger charge is 2.29. The van der Waals surface area contributed by atoms with Crippen molar-refractivity contribution in [3.8, 4) is 5.75 Å². The van der Waals surface area contributed by atoms with Crippen LogP contribution in [0.15, 0.2) is 48.5 Å². The van der Waals surface area contributed by atoms with E-state index in [4.69, 9.17) is 4.74 Å². The number of anilines is 1. The number of rotatable bonds is 7. The standard InChI is InChI=1S/C23H30N2O4S/c1-18-9-10-22(29-2)21(15-18)25(30(3,27)28)17-23(26)24-13-11-20(12-14-24)16-19-7-5-4-6-8-19/h4-10,15,20H,11-14,16-17H2,1-3H3. The third-order valence-electron chi connectivity index (χ3n) is 5.62. The van der Waals surface area contributed by atoms with Crippen LogP contribution in [0.2, 0.25) is 0 Å². The molecule has 2 aromatic carbocycles. The van der Waals surface area contributed by atoms with Gasteiger partial charge in [-0.3, -0.25) is 9.10 Å². The van der Waals surface area contributed by atoms with E-state index in [1.54, 1.807) is 17.0 Å². The number of hydrogen-bond acceptors (Lipinski definition) is 4. The molecule has 0 aliphatic carbocycles. The van der Waals surface area contributed by atoms with Crippen LogP contribution in [0, 0.1) is 12.8 Å². The molecule has 1 fully saturated rings. The number of likely N-dealkylation sites (tertiary alicyclic amines) is 1. The Kier molecular flexibility index (Phi) is 7.02. The summed E-state index contributed by atoms with van der Waals surface area (Å²) in [5.74, 6) is 0.793. The summed E-state index contributed by atoms with van der Waals surface area (Å²) in [7, 11) is -2.15. The summed E-state index contributed by atoms with van der Waals surface area (Å²) >= 11 is 0. The van der Waals surface area contributed by atoms with Gasteiger partial charge in [0.25, 0.3) is 0 Å². The Morgan fingerprint density at radius 2 is 1.80 bits per heavy atom. The normalized spacial score (nSPS) is 15.1. The Balaban J connectivity index is 1.67. The number of ether oxygens (including phenoxy) is 1. The minimum atomic E-state index is -3.65. The number of aryl methyl sites for hydroxylation is 1. The number of amides is 1. The predicted octanol–water partition coefficient (Wildman–Crippen LogP) is 3.25. The summed E-state index contributed by atoms with van der Waals surface area (Å²) < 4.78 is 31.5. The van der Waals surface area contributed by atoms with Gasteiger partial charge in [0.1, 0.15) is 12.3 Å². The van der Waals surface area contributed by atoms with Crippen LogP contribution in [0.3, 0.4) is 0 Å². The summed E-state index contributed by atoms with van der Waals surface area (Å²) in [6.07, 6.45) is 3.98. The van der Waals surface area contributed by atoms with Gasteiger partial charge >= 0.3 is 0 Å². The maximum Gasteiger partial charge on any atom is 0.243 e. The van der Waals surface area contributed by atoms with Gasteiger partial charge in [-0.25, -0.2) is 8.42 Å². The molecule has 0 atom stereocenters. The fourth-order valence-electron chi connectivity index (χ4n) is 3.93. The van der Waals surface area contributed by atoms with E-state index in [0.717, 1.165) is 35.4 Å². The van der Waals surface area contributed by atoms with Crippen molar-refractivity contribution < 1.29 is 17.9 Å². The first-order valence-electron chi connectivity index (χ1n) is 10.2. The number of sulfonamides is 1. The van der Waals surface area contributed by atoms with E-state index >= 15 is 0 Å². The van der Waals surface area contributed by atoms with E-state index in [1.807, 2.05) is 31.2 Å². The van der Waals surface area contributed by atoms with Gasteiger partial charge in [0.2, 0.25) is 15.9 Å². The van der Waals surface area contributed by atoms with E-state index in [1.165, 1.54) is 12.7 Å². The van der Waals surface area contributed by atoms with E-state index in [0.29, 0.717) is 30.4 Å². The number of nitrogens with zero attached hydrogens (tertiary/aromatic N) is 2. The topological polar surface area (TPSA) is 66.9 Å². The molecular weight excluding hydrogens is 400 g/mol. The molecule has 1 heterocycles.